The van der Waals surface area contributed by atoms with E-state index in [0.717, 1.165) is 11.3 Å². The highest BCUT2D eigenvalue weighted by Gasteiger charge is 2.10. The van der Waals surface area contributed by atoms with Crippen LogP contribution in [0.1, 0.15) is 15.9 Å². The Morgan fingerprint density at radius 1 is 0.920 bits per heavy atom. The SMILES string of the molecule is COc1ccc(/C(Cl)=C/C=C/C(=O)c2ccc(OC)cc2OC)cc1. The van der Waals surface area contributed by atoms with Gasteiger partial charge in [-0.15, -0.1) is 0 Å². The van der Waals surface area contributed by atoms with E-state index in [2.05, 4.69) is 0 Å². The molecular weight excluding hydrogens is 340 g/mol. The molecule has 2 rings (SSSR count). The van der Waals surface area contributed by atoms with Gasteiger partial charge in [-0.25, -0.2) is 0 Å². The third-order valence-electron chi connectivity index (χ3n) is 3.53. The minimum atomic E-state index is -0.185. The Bertz CT molecular complexity index is 792. The van der Waals surface area contributed by atoms with Gasteiger partial charge >= 0.3 is 0 Å². The molecule has 0 spiro atoms. The van der Waals surface area contributed by atoms with Gasteiger partial charge in [-0.3, -0.25) is 4.79 Å². The lowest BCUT2D eigenvalue weighted by Crippen LogP contribution is -1.99. The number of halogens is 1. The largest absolute Gasteiger partial charge is 0.497 e. The van der Waals surface area contributed by atoms with Crippen molar-refractivity contribution in [1.29, 1.82) is 0 Å². The minimum Gasteiger partial charge on any atom is -0.497 e. The summed E-state index contributed by atoms with van der Waals surface area (Å²) in [5.74, 6) is 1.65. The number of rotatable bonds is 7. The summed E-state index contributed by atoms with van der Waals surface area (Å²) < 4.78 is 15.5. The van der Waals surface area contributed by atoms with E-state index in [0.29, 0.717) is 22.1 Å². The quantitative estimate of drug-likeness (QED) is 0.407. The number of hydrogen-bond donors (Lipinski definition) is 0. The predicted octanol–water partition coefficient (Wildman–Crippen LogP) is 4.73. The summed E-state index contributed by atoms with van der Waals surface area (Å²) in [4.78, 5) is 12.3. The zero-order valence-electron chi connectivity index (χ0n) is 14.3. The highest BCUT2D eigenvalue weighted by atomic mass is 35.5. The van der Waals surface area contributed by atoms with Crippen LogP contribution in [0.5, 0.6) is 17.2 Å². The first-order valence-corrected chi connectivity index (χ1v) is 7.91. The van der Waals surface area contributed by atoms with E-state index in [1.807, 2.05) is 24.3 Å². The smallest absolute Gasteiger partial charge is 0.189 e. The molecule has 2 aromatic rings. The fraction of sp³-hybridized carbons (Fsp3) is 0.150. The molecule has 130 valence electrons. The van der Waals surface area contributed by atoms with Crippen molar-refractivity contribution in [2.24, 2.45) is 0 Å². The molecule has 0 heterocycles. The summed E-state index contributed by atoms with van der Waals surface area (Å²) in [6.45, 7) is 0. The number of hydrogen-bond acceptors (Lipinski definition) is 4. The fourth-order valence-corrected chi connectivity index (χ4v) is 2.36. The summed E-state index contributed by atoms with van der Waals surface area (Å²) in [5.41, 5.74) is 1.29. The number of benzene rings is 2. The molecule has 0 unspecified atom stereocenters. The van der Waals surface area contributed by atoms with Crippen molar-refractivity contribution in [3.63, 3.8) is 0 Å². The van der Waals surface area contributed by atoms with Gasteiger partial charge in [0.2, 0.25) is 0 Å². The van der Waals surface area contributed by atoms with Crippen LogP contribution in [0.25, 0.3) is 5.03 Å². The summed E-state index contributed by atoms with van der Waals surface area (Å²) in [5, 5.41) is 0.522. The topological polar surface area (TPSA) is 44.8 Å². The van der Waals surface area contributed by atoms with Crippen molar-refractivity contribution in [3.05, 3.63) is 71.8 Å². The summed E-state index contributed by atoms with van der Waals surface area (Å²) in [6.07, 6.45) is 4.71. The van der Waals surface area contributed by atoms with E-state index in [9.17, 15) is 4.79 Å². The molecular formula is C20H19ClO4. The van der Waals surface area contributed by atoms with Crippen LogP contribution in [-0.2, 0) is 0 Å². The molecule has 4 nitrogen and oxygen atoms in total. The van der Waals surface area contributed by atoms with Crippen LogP contribution >= 0.6 is 11.6 Å². The number of carbonyl (C=O) groups is 1. The first-order chi connectivity index (χ1) is 12.1. The van der Waals surface area contributed by atoms with Crippen LogP contribution in [0.2, 0.25) is 0 Å². The number of allylic oxidation sites excluding steroid dienone is 3. The normalized spacial score (nSPS) is 11.4. The van der Waals surface area contributed by atoms with E-state index in [4.69, 9.17) is 25.8 Å². The molecule has 0 aliphatic rings. The molecule has 0 fully saturated rings. The van der Waals surface area contributed by atoms with Gasteiger partial charge in [0, 0.05) is 11.1 Å². The van der Waals surface area contributed by atoms with Crippen molar-refractivity contribution in [1.82, 2.24) is 0 Å². The Morgan fingerprint density at radius 2 is 1.56 bits per heavy atom. The van der Waals surface area contributed by atoms with Crippen LogP contribution in [-0.4, -0.2) is 27.1 Å². The lowest BCUT2D eigenvalue weighted by atomic mass is 10.1. The average Bonchev–Trinajstić information content (AvgIpc) is 2.67. The molecule has 0 N–H and O–H groups in total. The minimum absolute atomic E-state index is 0.185. The molecule has 0 aromatic heterocycles. The molecule has 0 amide bonds. The van der Waals surface area contributed by atoms with E-state index in [-0.39, 0.29) is 5.78 Å². The number of ketones is 1. The van der Waals surface area contributed by atoms with Gasteiger partial charge in [-0.05, 0) is 54.1 Å². The number of methoxy groups -OCH3 is 3. The summed E-state index contributed by atoms with van der Waals surface area (Å²) in [6, 6.07) is 12.4. The molecule has 0 bridgehead atoms. The Labute approximate surface area is 152 Å². The van der Waals surface area contributed by atoms with Gasteiger partial charge in [0.15, 0.2) is 5.78 Å². The second-order valence-electron chi connectivity index (χ2n) is 5.03. The van der Waals surface area contributed by atoms with Crippen LogP contribution in [0.3, 0.4) is 0 Å². The molecule has 0 radical (unpaired) electrons. The molecule has 0 saturated heterocycles. The zero-order valence-corrected chi connectivity index (χ0v) is 15.0. The third-order valence-corrected chi connectivity index (χ3v) is 3.87. The second kappa shape index (κ2) is 8.94. The van der Waals surface area contributed by atoms with E-state index < -0.39 is 0 Å². The fourth-order valence-electron chi connectivity index (χ4n) is 2.16. The highest BCUT2D eigenvalue weighted by Crippen LogP contribution is 2.25. The van der Waals surface area contributed by atoms with Crippen molar-refractivity contribution < 1.29 is 19.0 Å². The van der Waals surface area contributed by atoms with Crippen LogP contribution in [0.15, 0.2) is 60.7 Å². The van der Waals surface area contributed by atoms with Gasteiger partial charge in [-0.2, -0.15) is 0 Å². The van der Waals surface area contributed by atoms with Gasteiger partial charge in [0.05, 0.1) is 26.9 Å². The summed E-state index contributed by atoms with van der Waals surface area (Å²) in [7, 11) is 4.67. The summed E-state index contributed by atoms with van der Waals surface area (Å²) >= 11 is 6.25. The van der Waals surface area contributed by atoms with E-state index >= 15 is 0 Å². The zero-order chi connectivity index (χ0) is 18.2. The molecule has 0 aliphatic carbocycles. The predicted molar refractivity (Wildman–Crippen MR) is 99.8 cm³/mol. The first-order valence-electron chi connectivity index (χ1n) is 7.53. The number of ether oxygens (including phenoxy) is 3. The maximum atomic E-state index is 12.3. The van der Waals surface area contributed by atoms with Gasteiger partial charge < -0.3 is 14.2 Å². The van der Waals surface area contributed by atoms with Crippen LogP contribution in [0.4, 0.5) is 0 Å². The Balaban J connectivity index is 2.13. The lowest BCUT2D eigenvalue weighted by molar-refractivity contribution is 0.104. The van der Waals surface area contributed by atoms with Gasteiger partial charge in [0.1, 0.15) is 17.2 Å². The first kappa shape index (κ1) is 18.6. The molecule has 25 heavy (non-hydrogen) atoms. The van der Waals surface area contributed by atoms with Crippen molar-refractivity contribution in [3.8, 4) is 17.2 Å². The molecule has 2 aromatic carbocycles. The molecule has 0 saturated carbocycles. The number of carbonyl (C=O) groups excluding carboxylic acids is 1. The maximum absolute atomic E-state index is 12.3. The second-order valence-corrected chi connectivity index (χ2v) is 5.44. The standard InChI is InChI=1S/C20H19ClO4/c1-23-15-9-7-14(8-10-15)18(21)5-4-6-19(22)17-12-11-16(24-2)13-20(17)25-3/h4-13H,1-3H3/b6-4+,18-5-. The Hall–Kier alpha value is -2.72. The highest BCUT2D eigenvalue weighted by molar-refractivity contribution is 6.48. The molecule has 0 atom stereocenters. The van der Waals surface area contributed by atoms with Crippen molar-refractivity contribution in [2.75, 3.05) is 21.3 Å². The monoisotopic (exact) mass is 358 g/mol. The third kappa shape index (κ3) is 4.88. The van der Waals surface area contributed by atoms with Crippen LogP contribution in [0, 0.1) is 0 Å². The van der Waals surface area contributed by atoms with Crippen LogP contribution < -0.4 is 14.2 Å². The van der Waals surface area contributed by atoms with Gasteiger partial charge in [0.25, 0.3) is 0 Å². The maximum Gasteiger partial charge on any atom is 0.189 e. The molecule has 0 aliphatic heterocycles. The van der Waals surface area contributed by atoms with E-state index in [1.165, 1.54) is 13.2 Å². The van der Waals surface area contributed by atoms with Gasteiger partial charge in [-0.1, -0.05) is 17.7 Å². The van der Waals surface area contributed by atoms with Crippen molar-refractivity contribution >= 4 is 22.4 Å². The lowest BCUT2D eigenvalue weighted by Gasteiger charge is -2.07. The molecule has 5 heteroatoms. The average molecular weight is 359 g/mol. The van der Waals surface area contributed by atoms with E-state index in [1.54, 1.807) is 44.6 Å². The van der Waals surface area contributed by atoms with Crippen molar-refractivity contribution in [2.45, 2.75) is 0 Å². The Kier molecular flexibility index (Phi) is 6.66. The Morgan fingerprint density at radius 3 is 2.16 bits per heavy atom.